The summed E-state index contributed by atoms with van der Waals surface area (Å²) in [6.45, 7) is 0. The molecule has 0 spiro atoms. The molecule has 6 heavy (non-hydrogen) atoms. The van der Waals surface area contributed by atoms with Crippen LogP contribution < -0.4 is 0 Å². The lowest BCUT2D eigenvalue weighted by Crippen LogP contribution is -1.66. The summed E-state index contributed by atoms with van der Waals surface area (Å²) in [7, 11) is 0.815. The molecule has 1 aliphatic rings. The van der Waals surface area contributed by atoms with E-state index in [1.165, 1.54) is 0 Å². The highest BCUT2D eigenvalue weighted by Crippen LogP contribution is 2.02. The number of rotatable bonds is 0. The highest BCUT2D eigenvalue weighted by Gasteiger charge is 1.89. The Morgan fingerprint density at radius 1 is 1.67 bits per heavy atom. The molecule has 0 saturated carbocycles. The molecule has 0 unspecified atom stereocenters. The van der Waals surface area contributed by atoms with Crippen molar-refractivity contribution in [3.8, 4) is 0 Å². The minimum atomic E-state index is 0.190. The summed E-state index contributed by atoms with van der Waals surface area (Å²) >= 11 is 0. The topological polar surface area (TPSA) is 17.1 Å². The van der Waals surface area contributed by atoms with Gasteiger partial charge in [-0.1, -0.05) is 6.08 Å². The zero-order valence-electron chi connectivity index (χ0n) is 3.09. The van der Waals surface area contributed by atoms with E-state index in [0.29, 0.717) is 0 Å². The Bertz CT molecular complexity index is 110. The fourth-order valence-electron chi connectivity index (χ4n) is 0.285. The highest BCUT2D eigenvalue weighted by atomic mass is 31.1. The van der Waals surface area contributed by atoms with Gasteiger partial charge >= 0.3 is 0 Å². The van der Waals surface area contributed by atoms with Crippen LogP contribution >= 0.6 is 8.20 Å². The van der Waals surface area contributed by atoms with Gasteiger partial charge in [-0.25, -0.2) is 0 Å². The quantitative estimate of drug-likeness (QED) is 0.410. The molecule has 2 heteroatoms. The second kappa shape index (κ2) is 1.36. The van der Waals surface area contributed by atoms with Crippen molar-refractivity contribution in [2.24, 2.45) is 0 Å². The molecular weight excluding hydrogens is 95.0 g/mol. The molecule has 0 radical (unpaired) electrons. The summed E-state index contributed by atoms with van der Waals surface area (Å²) < 4.78 is 0. The van der Waals surface area contributed by atoms with Crippen LogP contribution in [0.25, 0.3) is 0 Å². The molecule has 1 heterocycles. The van der Waals surface area contributed by atoms with E-state index in [0.717, 1.165) is 8.20 Å². The summed E-state index contributed by atoms with van der Waals surface area (Å²) in [5, 5.41) is 0. The minimum absolute atomic E-state index is 0.190. The van der Waals surface area contributed by atoms with Crippen molar-refractivity contribution in [1.82, 2.24) is 0 Å². The summed E-state index contributed by atoms with van der Waals surface area (Å²) in [5.74, 6) is 1.82. The Morgan fingerprint density at radius 3 is 2.67 bits per heavy atom. The normalized spacial score (nSPS) is 19.7. The van der Waals surface area contributed by atoms with Gasteiger partial charge in [0.2, 0.25) is 5.52 Å². The fraction of sp³-hybridized carbons (Fsp3) is 0. The minimum Gasteiger partial charge on any atom is -0.285 e. The molecule has 0 bridgehead atoms. The van der Waals surface area contributed by atoms with Crippen molar-refractivity contribution in [3.05, 3.63) is 12.2 Å². The molecule has 0 saturated heterocycles. The first kappa shape index (κ1) is 3.76. The predicted molar refractivity (Wildman–Crippen MR) is 27.1 cm³/mol. The maximum atomic E-state index is 10.1. The Hall–Kier alpha value is -0.420. The zero-order chi connectivity index (χ0) is 4.41. The van der Waals surface area contributed by atoms with Crippen molar-refractivity contribution in [2.45, 2.75) is 0 Å². The summed E-state index contributed by atoms with van der Waals surface area (Å²) in [4.78, 5) is 10.1. The number of hydrogen-bond acceptors (Lipinski definition) is 1. The van der Waals surface area contributed by atoms with E-state index >= 15 is 0 Å². The van der Waals surface area contributed by atoms with Crippen molar-refractivity contribution in [2.75, 3.05) is 0 Å². The Labute approximate surface area is 37.5 Å². The molecule has 1 nitrogen and oxygen atoms in total. The zero-order valence-corrected chi connectivity index (χ0v) is 3.98. The van der Waals surface area contributed by atoms with Gasteiger partial charge in [0.1, 0.15) is 0 Å². The summed E-state index contributed by atoms with van der Waals surface area (Å²) in [6, 6.07) is 0. The van der Waals surface area contributed by atoms with Crippen molar-refractivity contribution in [1.29, 1.82) is 0 Å². The van der Waals surface area contributed by atoms with Crippen LogP contribution in [0.5, 0.6) is 0 Å². The molecule has 0 fully saturated rings. The Kier molecular flexibility index (Phi) is 0.849. The van der Waals surface area contributed by atoms with Crippen LogP contribution in [-0.2, 0) is 4.79 Å². The fourth-order valence-corrected chi connectivity index (χ4v) is 0.776. The van der Waals surface area contributed by atoms with E-state index < -0.39 is 0 Å². The first-order chi connectivity index (χ1) is 2.89. The smallest absolute Gasteiger partial charge is 0.204 e. The van der Waals surface area contributed by atoms with Gasteiger partial charge in [-0.15, -0.1) is 0 Å². The Morgan fingerprint density at radius 2 is 2.50 bits per heavy atom. The van der Waals surface area contributed by atoms with Gasteiger partial charge in [0.05, 0.1) is 0 Å². The standard InChI is InChI=1S/C4H3OP/c5-4-2-1-3-6-4/h1-3H. The van der Waals surface area contributed by atoms with Crippen molar-refractivity contribution < 1.29 is 4.79 Å². The van der Waals surface area contributed by atoms with Gasteiger partial charge in [-0.05, 0) is 20.1 Å². The van der Waals surface area contributed by atoms with E-state index in [9.17, 15) is 4.79 Å². The van der Waals surface area contributed by atoms with Gasteiger partial charge in [-0.2, -0.15) is 0 Å². The number of hydrogen-bond donors (Lipinski definition) is 0. The van der Waals surface area contributed by atoms with Crippen LogP contribution in [0, 0.1) is 0 Å². The number of allylic oxidation sites excluding steroid dienone is 2. The molecule has 0 aliphatic carbocycles. The highest BCUT2D eigenvalue weighted by molar-refractivity contribution is 7.59. The first-order valence-electron chi connectivity index (χ1n) is 1.64. The summed E-state index contributed by atoms with van der Waals surface area (Å²) in [6.07, 6.45) is 3.34. The number of carbonyl (C=O) groups is 1. The molecule has 1 rings (SSSR count). The van der Waals surface area contributed by atoms with E-state index in [1.54, 1.807) is 12.2 Å². The maximum absolute atomic E-state index is 10.1. The van der Waals surface area contributed by atoms with Crippen LogP contribution in [0.1, 0.15) is 0 Å². The van der Waals surface area contributed by atoms with Crippen LogP contribution in [0.4, 0.5) is 0 Å². The second-order valence-corrected chi connectivity index (χ2v) is 1.97. The molecule has 0 atom stereocenters. The van der Waals surface area contributed by atoms with E-state index in [1.807, 2.05) is 5.80 Å². The third kappa shape index (κ3) is 0.550. The lowest BCUT2D eigenvalue weighted by Gasteiger charge is -1.61. The van der Waals surface area contributed by atoms with E-state index in [4.69, 9.17) is 0 Å². The van der Waals surface area contributed by atoms with E-state index in [2.05, 4.69) is 0 Å². The molecular formula is C4H3OP. The molecule has 0 aromatic carbocycles. The monoisotopic (exact) mass is 98.0 g/mol. The SMILES string of the molecule is O=C1C=CC=P1. The summed E-state index contributed by atoms with van der Waals surface area (Å²) in [5.41, 5.74) is 0.190. The van der Waals surface area contributed by atoms with Gasteiger partial charge < -0.3 is 0 Å². The van der Waals surface area contributed by atoms with Crippen molar-refractivity contribution in [3.63, 3.8) is 0 Å². The predicted octanol–water partition coefficient (Wildman–Crippen LogP) is 0.831. The average molecular weight is 98.0 g/mol. The lowest BCUT2D eigenvalue weighted by molar-refractivity contribution is -0.107. The van der Waals surface area contributed by atoms with Crippen LogP contribution in [0.3, 0.4) is 0 Å². The Balaban J connectivity index is 2.86. The maximum Gasteiger partial charge on any atom is 0.204 e. The largest absolute Gasteiger partial charge is 0.285 e. The molecule has 0 aromatic rings. The second-order valence-electron chi connectivity index (χ2n) is 0.976. The van der Waals surface area contributed by atoms with Crippen molar-refractivity contribution >= 4 is 19.5 Å². The average Bonchev–Trinajstić information content (AvgIpc) is 1.86. The molecule has 1 aliphatic heterocycles. The molecule has 0 aromatic heterocycles. The molecule has 0 N–H and O–H groups in total. The van der Waals surface area contributed by atoms with Gasteiger partial charge in [-0.3, -0.25) is 4.79 Å². The van der Waals surface area contributed by atoms with Gasteiger partial charge in [0.25, 0.3) is 0 Å². The third-order valence-electron chi connectivity index (χ3n) is 0.527. The van der Waals surface area contributed by atoms with Gasteiger partial charge in [0, 0.05) is 0 Å². The molecule has 0 amide bonds. The van der Waals surface area contributed by atoms with Gasteiger partial charge in [0.15, 0.2) is 0 Å². The number of carbonyl (C=O) groups excluding carboxylic acids is 1. The lowest BCUT2D eigenvalue weighted by atomic mass is 10.6. The molecule has 30 valence electrons. The first-order valence-corrected chi connectivity index (χ1v) is 2.60. The van der Waals surface area contributed by atoms with Crippen LogP contribution in [0.2, 0.25) is 0 Å². The van der Waals surface area contributed by atoms with Crippen LogP contribution in [0.15, 0.2) is 12.2 Å². The van der Waals surface area contributed by atoms with E-state index in [-0.39, 0.29) is 5.52 Å². The third-order valence-corrected chi connectivity index (χ3v) is 1.25. The van der Waals surface area contributed by atoms with Crippen LogP contribution in [-0.4, -0.2) is 11.3 Å².